The number of carboxylic acid groups (broad SMARTS) is 1. The van der Waals surface area contributed by atoms with Gasteiger partial charge in [0.1, 0.15) is 0 Å². The number of rotatable bonds is 5. The van der Waals surface area contributed by atoms with Gasteiger partial charge in [-0.3, -0.25) is 9.69 Å². The summed E-state index contributed by atoms with van der Waals surface area (Å²) in [6, 6.07) is 9.25. The highest BCUT2D eigenvalue weighted by Crippen LogP contribution is 2.32. The summed E-state index contributed by atoms with van der Waals surface area (Å²) < 4.78 is 38.4. The van der Waals surface area contributed by atoms with E-state index in [1.807, 2.05) is 30.3 Å². The fourth-order valence-electron chi connectivity index (χ4n) is 3.25. The van der Waals surface area contributed by atoms with Crippen molar-refractivity contribution in [3.05, 3.63) is 52.9 Å². The Kier molecular flexibility index (Phi) is 6.04. The highest BCUT2D eigenvalue weighted by atomic mass is 35.5. The molecule has 2 heterocycles. The molecule has 10 heteroatoms. The standard InChI is InChI=1S/C18H18ClF3N4O2/c19-16-17(23-9-14(24-16)18(20,21)22)26-7-6-25(11-13(26)8-15(27)28)10-12-4-2-1-3-5-12/h1-5,9,13H,6-8,10-11H2,(H,27,28). The van der Waals surface area contributed by atoms with Gasteiger partial charge in [0.15, 0.2) is 16.7 Å². The van der Waals surface area contributed by atoms with Crippen molar-refractivity contribution < 1.29 is 23.1 Å². The lowest BCUT2D eigenvalue weighted by Gasteiger charge is -2.41. The van der Waals surface area contributed by atoms with Crippen LogP contribution in [0.5, 0.6) is 0 Å². The number of anilines is 1. The number of aromatic nitrogens is 2. The van der Waals surface area contributed by atoms with Crippen LogP contribution in [0.2, 0.25) is 5.15 Å². The van der Waals surface area contributed by atoms with Crippen LogP contribution in [-0.2, 0) is 17.5 Å². The van der Waals surface area contributed by atoms with Gasteiger partial charge in [-0.25, -0.2) is 9.97 Å². The Morgan fingerprint density at radius 1 is 1.25 bits per heavy atom. The third-order valence-corrected chi connectivity index (χ3v) is 4.75. The highest BCUT2D eigenvalue weighted by Gasteiger charge is 2.36. The molecule has 1 unspecified atom stereocenters. The second kappa shape index (κ2) is 8.32. The molecule has 28 heavy (non-hydrogen) atoms. The zero-order valence-electron chi connectivity index (χ0n) is 14.7. The van der Waals surface area contributed by atoms with Gasteiger partial charge in [-0.1, -0.05) is 41.9 Å². The third kappa shape index (κ3) is 4.90. The summed E-state index contributed by atoms with van der Waals surface area (Å²) in [7, 11) is 0. The molecule has 0 aliphatic carbocycles. The minimum Gasteiger partial charge on any atom is -0.481 e. The van der Waals surface area contributed by atoms with Gasteiger partial charge >= 0.3 is 12.1 Å². The Hall–Kier alpha value is -2.39. The largest absolute Gasteiger partial charge is 0.481 e. The number of carbonyl (C=O) groups is 1. The lowest BCUT2D eigenvalue weighted by Crippen LogP contribution is -2.54. The van der Waals surface area contributed by atoms with Gasteiger partial charge in [0.25, 0.3) is 0 Å². The van der Waals surface area contributed by atoms with E-state index in [2.05, 4.69) is 14.9 Å². The number of alkyl halides is 3. The molecule has 1 aliphatic rings. The first kappa shape index (κ1) is 20.3. The van der Waals surface area contributed by atoms with Crippen molar-refractivity contribution in [3.8, 4) is 0 Å². The Balaban J connectivity index is 1.80. The van der Waals surface area contributed by atoms with Gasteiger partial charge in [-0.15, -0.1) is 0 Å². The van der Waals surface area contributed by atoms with Crippen molar-refractivity contribution >= 4 is 23.4 Å². The summed E-state index contributed by atoms with van der Waals surface area (Å²) in [6.07, 6.45) is -4.22. The topological polar surface area (TPSA) is 69.6 Å². The molecular weight excluding hydrogens is 397 g/mol. The first-order valence-corrected chi connectivity index (χ1v) is 8.96. The van der Waals surface area contributed by atoms with Crippen LogP contribution in [0.25, 0.3) is 0 Å². The van der Waals surface area contributed by atoms with Gasteiger partial charge in [-0.2, -0.15) is 13.2 Å². The van der Waals surface area contributed by atoms with E-state index in [4.69, 9.17) is 11.6 Å². The van der Waals surface area contributed by atoms with Crippen molar-refractivity contribution in [1.29, 1.82) is 0 Å². The predicted octanol–water partition coefficient (Wildman–Crippen LogP) is 3.31. The van der Waals surface area contributed by atoms with E-state index >= 15 is 0 Å². The number of aliphatic carboxylic acids is 1. The third-order valence-electron chi connectivity index (χ3n) is 4.50. The fraction of sp³-hybridized carbons (Fsp3) is 0.389. The summed E-state index contributed by atoms with van der Waals surface area (Å²) in [5, 5.41) is 8.88. The normalized spacial score (nSPS) is 18.3. The van der Waals surface area contributed by atoms with E-state index in [1.54, 1.807) is 4.90 Å². The molecule has 0 bridgehead atoms. The molecule has 0 saturated carbocycles. The van der Waals surface area contributed by atoms with E-state index in [0.717, 1.165) is 5.56 Å². The van der Waals surface area contributed by atoms with E-state index < -0.39 is 23.9 Å². The van der Waals surface area contributed by atoms with Crippen LogP contribution < -0.4 is 4.90 Å². The van der Waals surface area contributed by atoms with Crippen molar-refractivity contribution in [2.45, 2.75) is 25.2 Å². The number of halogens is 4. The summed E-state index contributed by atoms with van der Waals surface area (Å²) in [4.78, 5) is 22.3. The van der Waals surface area contributed by atoms with Crippen LogP contribution >= 0.6 is 11.6 Å². The molecule has 1 aliphatic heterocycles. The number of benzene rings is 1. The lowest BCUT2D eigenvalue weighted by molar-refractivity contribution is -0.141. The summed E-state index contributed by atoms with van der Waals surface area (Å²) in [5.74, 6) is -0.937. The van der Waals surface area contributed by atoms with Gasteiger partial charge in [0.05, 0.1) is 18.7 Å². The van der Waals surface area contributed by atoms with E-state index in [-0.39, 0.29) is 17.4 Å². The number of nitrogens with zero attached hydrogens (tertiary/aromatic N) is 4. The first-order chi connectivity index (χ1) is 13.2. The molecule has 0 radical (unpaired) electrons. The van der Waals surface area contributed by atoms with Crippen LogP contribution in [0.1, 0.15) is 17.7 Å². The molecule has 1 aromatic carbocycles. The Morgan fingerprint density at radius 3 is 2.57 bits per heavy atom. The monoisotopic (exact) mass is 414 g/mol. The van der Waals surface area contributed by atoms with Gasteiger partial charge in [-0.05, 0) is 5.56 Å². The van der Waals surface area contributed by atoms with E-state index in [9.17, 15) is 23.1 Å². The number of hydrogen-bond acceptors (Lipinski definition) is 5. The smallest absolute Gasteiger partial charge is 0.434 e. The Bertz CT molecular complexity index is 835. The van der Waals surface area contributed by atoms with Crippen LogP contribution in [-0.4, -0.2) is 51.6 Å². The fourth-order valence-corrected chi connectivity index (χ4v) is 3.50. The summed E-state index contributed by atoms with van der Waals surface area (Å²) in [5.41, 5.74) is -0.0869. The van der Waals surface area contributed by atoms with Gasteiger partial charge in [0.2, 0.25) is 0 Å². The molecule has 0 amide bonds. The molecule has 1 atom stereocenters. The van der Waals surface area contributed by atoms with Crippen molar-refractivity contribution in [2.75, 3.05) is 24.5 Å². The minimum absolute atomic E-state index is 0.0697. The molecular formula is C18H18ClF3N4O2. The maximum absolute atomic E-state index is 12.8. The molecule has 6 nitrogen and oxygen atoms in total. The van der Waals surface area contributed by atoms with Crippen molar-refractivity contribution in [1.82, 2.24) is 14.9 Å². The number of carboxylic acids is 1. The number of piperazine rings is 1. The quantitative estimate of drug-likeness (QED) is 0.809. The number of hydrogen-bond donors (Lipinski definition) is 1. The Morgan fingerprint density at radius 2 is 1.96 bits per heavy atom. The van der Waals surface area contributed by atoms with Crippen LogP contribution in [0.15, 0.2) is 36.5 Å². The summed E-state index contributed by atoms with van der Waals surface area (Å²) >= 11 is 5.96. The second-order valence-corrected chi connectivity index (χ2v) is 6.89. The maximum Gasteiger partial charge on any atom is 0.434 e. The zero-order valence-corrected chi connectivity index (χ0v) is 15.5. The van der Waals surface area contributed by atoms with E-state index in [1.165, 1.54) is 0 Å². The molecule has 1 N–H and O–H groups in total. The van der Waals surface area contributed by atoms with Crippen molar-refractivity contribution in [3.63, 3.8) is 0 Å². The van der Waals surface area contributed by atoms with Crippen molar-refractivity contribution in [2.24, 2.45) is 0 Å². The molecule has 1 saturated heterocycles. The maximum atomic E-state index is 12.8. The van der Waals surface area contributed by atoms with Gasteiger partial charge < -0.3 is 10.0 Å². The molecule has 1 aromatic heterocycles. The molecule has 3 rings (SSSR count). The van der Waals surface area contributed by atoms with Crippen LogP contribution in [0, 0.1) is 0 Å². The summed E-state index contributed by atoms with van der Waals surface area (Å²) in [6.45, 7) is 2.03. The molecule has 150 valence electrons. The second-order valence-electron chi connectivity index (χ2n) is 6.53. The Labute approximate surface area is 164 Å². The van der Waals surface area contributed by atoms with E-state index in [0.29, 0.717) is 32.4 Å². The average molecular weight is 415 g/mol. The lowest BCUT2D eigenvalue weighted by atomic mass is 10.1. The van der Waals surface area contributed by atoms with Crippen LogP contribution in [0.3, 0.4) is 0 Å². The molecule has 0 spiro atoms. The zero-order chi connectivity index (χ0) is 20.3. The highest BCUT2D eigenvalue weighted by molar-refractivity contribution is 6.31. The average Bonchev–Trinajstić information content (AvgIpc) is 2.62. The first-order valence-electron chi connectivity index (χ1n) is 8.58. The SMILES string of the molecule is O=C(O)CC1CN(Cc2ccccc2)CCN1c1ncc(C(F)(F)F)nc1Cl. The molecule has 2 aromatic rings. The predicted molar refractivity (Wildman–Crippen MR) is 97.1 cm³/mol. The minimum atomic E-state index is -4.65. The molecule has 1 fully saturated rings. The van der Waals surface area contributed by atoms with Crippen LogP contribution in [0.4, 0.5) is 19.0 Å². The van der Waals surface area contributed by atoms with Gasteiger partial charge in [0, 0.05) is 26.2 Å².